The van der Waals surface area contributed by atoms with Crippen LogP contribution in [0.25, 0.3) is 0 Å². The van der Waals surface area contributed by atoms with E-state index in [1.54, 1.807) is 38.3 Å². The van der Waals surface area contributed by atoms with Gasteiger partial charge in [0.1, 0.15) is 17.5 Å². The lowest BCUT2D eigenvalue weighted by molar-refractivity contribution is -0.386. The van der Waals surface area contributed by atoms with Crippen LogP contribution in [0.1, 0.15) is 40.3 Å². The first kappa shape index (κ1) is 24.5. The number of methoxy groups -OCH3 is 3. The van der Waals surface area contributed by atoms with Crippen molar-refractivity contribution in [3.63, 3.8) is 0 Å². The van der Waals surface area contributed by atoms with Gasteiger partial charge in [-0.05, 0) is 30.7 Å². The molecule has 0 radical (unpaired) electrons. The van der Waals surface area contributed by atoms with Crippen molar-refractivity contribution in [2.75, 3.05) is 27.9 Å². The van der Waals surface area contributed by atoms with Crippen LogP contribution in [0.2, 0.25) is 0 Å². The van der Waals surface area contributed by atoms with E-state index in [0.717, 1.165) is 11.6 Å². The first-order chi connectivity index (χ1) is 16.3. The molecule has 2 aromatic carbocycles. The van der Waals surface area contributed by atoms with Crippen LogP contribution in [0.3, 0.4) is 0 Å². The van der Waals surface area contributed by atoms with Gasteiger partial charge in [-0.3, -0.25) is 10.1 Å². The fraction of sp³-hybridized carbons (Fsp3) is 0.318. The van der Waals surface area contributed by atoms with Gasteiger partial charge in [0.15, 0.2) is 17.2 Å². The van der Waals surface area contributed by atoms with E-state index < -0.39 is 22.7 Å². The van der Waals surface area contributed by atoms with E-state index in [-0.39, 0.29) is 41.6 Å². The first-order valence-corrected chi connectivity index (χ1v) is 10.2. The zero-order valence-corrected chi connectivity index (χ0v) is 19.0. The van der Waals surface area contributed by atoms with Crippen LogP contribution in [0, 0.1) is 10.1 Å². The van der Waals surface area contributed by atoms with Crippen LogP contribution in [-0.4, -0.2) is 58.9 Å². The summed E-state index contributed by atoms with van der Waals surface area (Å²) in [7, 11) is 4.24. The Morgan fingerprint density at radius 2 is 1.76 bits per heavy atom. The second-order valence-corrected chi connectivity index (χ2v) is 6.98. The van der Waals surface area contributed by atoms with Gasteiger partial charge in [0.2, 0.25) is 0 Å². The van der Waals surface area contributed by atoms with Gasteiger partial charge in [0.25, 0.3) is 5.69 Å². The Bertz CT molecular complexity index is 1180. The fourth-order valence-electron chi connectivity index (χ4n) is 3.36. The molecule has 0 aliphatic carbocycles. The van der Waals surface area contributed by atoms with Crippen LogP contribution in [0.15, 0.2) is 36.4 Å². The van der Waals surface area contributed by atoms with Crippen LogP contribution < -0.4 is 14.2 Å². The van der Waals surface area contributed by atoms with Crippen molar-refractivity contribution in [1.82, 2.24) is 15.0 Å². The molecule has 1 atom stereocenters. The van der Waals surface area contributed by atoms with Crippen molar-refractivity contribution in [1.29, 1.82) is 0 Å². The highest BCUT2D eigenvalue weighted by molar-refractivity contribution is 5.88. The van der Waals surface area contributed by atoms with E-state index in [0.29, 0.717) is 5.75 Å². The maximum absolute atomic E-state index is 12.5. The molecule has 0 aliphatic heterocycles. The van der Waals surface area contributed by atoms with E-state index in [9.17, 15) is 20.0 Å². The topological polar surface area (TPSA) is 148 Å². The van der Waals surface area contributed by atoms with E-state index in [1.807, 2.05) is 0 Å². The molecule has 1 unspecified atom stereocenters. The molecule has 12 heteroatoms. The summed E-state index contributed by atoms with van der Waals surface area (Å²) < 4.78 is 21.9. The van der Waals surface area contributed by atoms with Crippen molar-refractivity contribution in [3.8, 4) is 17.2 Å². The molecular formula is C22H24N4O8. The summed E-state index contributed by atoms with van der Waals surface area (Å²) in [4.78, 5) is 23.7. The lowest BCUT2D eigenvalue weighted by Gasteiger charge is -2.17. The van der Waals surface area contributed by atoms with E-state index in [1.165, 1.54) is 25.0 Å². The molecule has 3 aromatic rings. The molecule has 34 heavy (non-hydrogen) atoms. The number of aliphatic hydroxyl groups excluding tert-OH is 1. The fourth-order valence-corrected chi connectivity index (χ4v) is 3.36. The molecule has 1 aromatic heterocycles. The highest BCUT2D eigenvalue weighted by Crippen LogP contribution is 2.39. The van der Waals surface area contributed by atoms with Crippen molar-refractivity contribution in [3.05, 3.63) is 69.0 Å². The summed E-state index contributed by atoms with van der Waals surface area (Å²) in [5.41, 5.74) is -0.128. The van der Waals surface area contributed by atoms with Gasteiger partial charge >= 0.3 is 5.97 Å². The Balaban J connectivity index is 2.15. The van der Waals surface area contributed by atoms with Crippen LogP contribution in [-0.2, 0) is 11.3 Å². The van der Waals surface area contributed by atoms with Crippen LogP contribution in [0.4, 0.5) is 5.69 Å². The van der Waals surface area contributed by atoms with Gasteiger partial charge in [0.05, 0.1) is 51.0 Å². The minimum absolute atomic E-state index is 0.0652. The summed E-state index contributed by atoms with van der Waals surface area (Å²) in [5, 5.41) is 31.0. The average Bonchev–Trinajstić information content (AvgIpc) is 3.26. The number of carbonyl (C=O) groups excluding carboxylic acids is 1. The van der Waals surface area contributed by atoms with Crippen LogP contribution >= 0.6 is 0 Å². The average molecular weight is 472 g/mol. The quantitative estimate of drug-likeness (QED) is 0.265. The number of esters is 1. The van der Waals surface area contributed by atoms with Gasteiger partial charge in [-0.25, -0.2) is 9.48 Å². The zero-order valence-electron chi connectivity index (χ0n) is 19.0. The molecule has 0 bridgehead atoms. The van der Waals surface area contributed by atoms with E-state index in [4.69, 9.17) is 18.9 Å². The summed E-state index contributed by atoms with van der Waals surface area (Å²) in [6.07, 6.45) is -1.66. The molecule has 0 aliphatic rings. The van der Waals surface area contributed by atoms with Crippen molar-refractivity contribution in [2.24, 2.45) is 0 Å². The Morgan fingerprint density at radius 3 is 2.32 bits per heavy atom. The third kappa shape index (κ3) is 4.91. The lowest BCUT2D eigenvalue weighted by atomic mass is 10.0. The maximum Gasteiger partial charge on any atom is 0.360 e. The predicted octanol–water partition coefficient (Wildman–Crippen LogP) is 2.52. The van der Waals surface area contributed by atoms with Crippen molar-refractivity contribution in [2.45, 2.75) is 19.6 Å². The largest absolute Gasteiger partial charge is 0.497 e. The minimum Gasteiger partial charge on any atom is -0.497 e. The molecule has 3 rings (SSSR count). The minimum atomic E-state index is -1.66. The second kappa shape index (κ2) is 10.6. The number of nitro groups is 1. The molecule has 12 nitrogen and oxygen atoms in total. The molecule has 0 spiro atoms. The third-order valence-electron chi connectivity index (χ3n) is 5.02. The Labute approximate surface area is 194 Å². The summed E-state index contributed by atoms with van der Waals surface area (Å²) in [6, 6.07) is 9.46. The number of aromatic nitrogens is 3. The smallest absolute Gasteiger partial charge is 0.360 e. The Kier molecular flexibility index (Phi) is 7.64. The number of nitro benzene ring substituents is 1. The number of benzene rings is 2. The van der Waals surface area contributed by atoms with Gasteiger partial charge < -0.3 is 24.1 Å². The first-order valence-electron chi connectivity index (χ1n) is 10.2. The summed E-state index contributed by atoms with van der Waals surface area (Å²) in [5.74, 6) is 0.103. The molecular weight excluding hydrogens is 448 g/mol. The highest BCUT2D eigenvalue weighted by atomic mass is 16.6. The standard InChI is InChI=1S/C22H24N4O8/c1-5-34-22(28)19-20(25(24-23-19)12-13-6-8-14(31-2)9-7-13)21(27)15-10-17(32-3)18(33-4)11-16(15)26(29)30/h6-11,21,27H,5,12H2,1-4H3. The lowest BCUT2D eigenvalue weighted by Crippen LogP contribution is -2.17. The van der Waals surface area contributed by atoms with Crippen molar-refractivity contribution >= 4 is 11.7 Å². The molecule has 0 saturated heterocycles. The molecule has 1 N–H and O–H groups in total. The number of ether oxygens (including phenoxy) is 4. The van der Waals surface area contributed by atoms with Gasteiger partial charge in [0, 0.05) is 0 Å². The Hall–Kier alpha value is -4.19. The van der Waals surface area contributed by atoms with E-state index in [2.05, 4.69) is 10.3 Å². The second-order valence-electron chi connectivity index (χ2n) is 6.98. The Morgan fingerprint density at radius 1 is 1.12 bits per heavy atom. The third-order valence-corrected chi connectivity index (χ3v) is 5.02. The molecule has 0 amide bonds. The predicted molar refractivity (Wildman–Crippen MR) is 118 cm³/mol. The summed E-state index contributed by atoms with van der Waals surface area (Å²) >= 11 is 0. The van der Waals surface area contributed by atoms with Gasteiger partial charge in [-0.15, -0.1) is 5.10 Å². The summed E-state index contributed by atoms with van der Waals surface area (Å²) in [6.45, 7) is 1.80. The number of carbonyl (C=O) groups is 1. The van der Waals surface area contributed by atoms with Crippen LogP contribution in [0.5, 0.6) is 17.2 Å². The van der Waals surface area contributed by atoms with Gasteiger partial charge in [-0.2, -0.15) is 0 Å². The zero-order chi connectivity index (χ0) is 24.8. The van der Waals surface area contributed by atoms with Crippen molar-refractivity contribution < 1.29 is 33.8 Å². The van der Waals surface area contributed by atoms with Gasteiger partial charge in [-0.1, -0.05) is 17.3 Å². The monoisotopic (exact) mass is 472 g/mol. The maximum atomic E-state index is 12.5. The highest BCUT2D eigenvalue weighted by Gasteiger charge is 2.33. The number of nitrogens with zero attached hydrogens (tertiary/aromatic N) is 4. The van der Waals surface area contributed by atoms with E-state index >= 15 is 0 Å². The number of hydrogen-bond donors (Lipinski definition) is 1. The molecule has 0 fully saturated rings. The SMILES string of the molecule is CCOC(=O)c1nnn(Cc2ccc(OC)cc2)c1C(O)c1cc(OC)c(OC)cc1[N+](=O)[O-]. The molecule has 180 valence electrons. The normalized spacial score (nSPS) is 11.6. The molecule has 0 saturated carbocycles. The number of rotatable bonds is 10. The molecule has 1 heterocycles. The number of aliphatic hydroxyl groups is 1. The number of hydrogen-bond acceptors (Lipinski definition) is 10.